The van der Waals surface area contributed by atoms with E-state index < -0.39 is 10.2 Å². The fourth-order valence-corrected chi connectivity index (χ4v) is 3.91. The van der Waals surface area contributed by atoms with Crippen LogP contribution in [0.15, 0.2) is 24.5 Å². The fourth-order valence-electron chi connectivity index (χ4n) is 2.44. The van der Waals surface area contributed by atoms with Crippen LogP contribution >= 0.6 is 0 Å². The molecule has 1 aromatic rings. The Morgan fingerprint density at radius 1 is 1.45 bits per heavy atom. The molecule has 6 nitrogen and oxygen atoms in total. The van der Waals surface area contributed by atoms with E-state index >= 15 is 0 Å². The summed E-state index contributed by atoms with van der Waals surface area (Å²) in [6.07, 6.45) is 6.03. The first-order chi connectivity index (χ1) is 9.63. The minimum Gasteiger partial charge on any atom is -0.315 e. The molecule has 2 heterocycles. The van der Waals surface area contributed by atoms with Gasteiger partial charge in [-0.25, -0.2) is 0 Å². The molecule has 1 saturated heterocycles. The van der Waals surface area contributed by atoms with E-state index in [1.807, 2.05) is 6.92 Å². The van der Waals surface area contributed by atoms with Crippen LogP contribution in [0, 0.1) is 0 Å². The quantitative estimate of drug-likeness (QED) is 0.827. The van der Waals surface area contributed by atoms with Crippen molar-refractivity contribution in [3.8, 4) is 0 Å². The van der Waals surface area contributed by atoms with Crippen LogP contribution in [0.4, 0.5) is 5.69 Å². The van der Waals surface area contributed by atoms with E-state index in [1.165, 1.54) is 6.20 Å². The summed E-state index contributed by atoms with van der Waals surface area (Å²) < 4.78 is 29.2. The van der Waals surface area contributed by atoms with Gasteiger partial charge >= 0.3 is 10.2 Å². The van der Waals surface area contributed by atoms with Crippen molar-refractivity contribution in [2.24, 2.45) is 0 Å². The van der Waals surface area contributed by atoms with Gasteiger partial charge in [-0.1, -0.05) is 13.3 Å². The van der Waals surface area contributed by atoms with E-state index in [-0.39, 0.29) is 6.04 Å². The number of anilines is 1. The zero-order valence-electron chi connectivity index (χ0n) is 11.7. The first kappa shape index (κ1) is 15.2. The molecule has 112 valence electrons. The lowest BCUT2D eigenvalue weighted by molar-refractivity contribution is 0.248. The molecule has 0 amide bonds. The summed E-state index contributed by atoms with van der Waals surface area (Å²) >= 11 is 0. The van der Waals surface area contributed by atoms with Gasteiger partial charge in [0.05, 0.1) is 11.9 Å². The first-order valence-corrected chi connectivity index (χ1v) is 8.48. The van der Waals surface area contributed by atoms with Crippen LogP contribution in [0.1, 0.15) is 26.2 Å². The summed E-state index contributed by atoms with van der Waals surface area (Å²) in [5, 5.41) is 3.24. The minimum atomic E-state index is -3.51. The number of likely N-dealkylation sites (N-methyl/N-ethyl adjacent to an activating group) is 1. The number of rotatable bonds is 6. The lowest BCUT2D eigenvalue weighted by Gasteiger charge is -2.34. The largest absolute Gasteiger partial charge is 0.315 e. The monoisotopic (exact) mass is 298 g/mol. The Balaban J connectivity index is 2.09. The number of nitrogens with one attached hydrogen (secondary N) is 2. The molecule has 0 saturated carbocycles. The van der Waals surface area contributed by atoms with Gasteiger partial charge in [0.1, 0.15) is 0 Å². The number of hydrogen-bond acceptors (Lipinski definition) is 4. The van der Waals surface area contributed by atoms with Gasteiger partial charge in [-0.2, -0.15) is 12.7 Å². The van der Waals surface area contributed by atoms with Gasteiger partial charge in [0.15, 0.2) is 0 Å². The van der Waals surface area contributed by atoms with Crippen LogP contribution in [0.5, 0.6) is 0 Å². The Morgan fingerprint density at radius 3 is 3.00 bits per heavy atom. The Kier molecular flexibility index (Phi) is 5.33. The number of piperidine rings is 1. The van der Waals surface area contributed by atoms with Crippen molar-refractivity contribution in [1.29, 1.82) is 0 Å². The third-order valence-corrected chi connectivity index (χ3v) is 5.01. The molecule has 1 unspecified atom stereocenters. The van der Waals surface area contributed by atoms with Crippen LogP contribution in [-0.4, -0.2) is 43.4 Å². The van der Waals surface area contributed by atoms with Gasteiger partial charge in [0, 0.05) is 25.3 Å². The summed E-state index contributed by atoms with van der Waals surface area (Å²) in [5.74, 6) is 0. The molecular weight excluding hydrogens is 276 g/mol. The third-order valence-electron chi connectivity index (χ3n) is 3.42. The molecule has 1 aliphatic heterocycles. The molecule has 1 aromatic heterocycles. The molecule has 2 rings (SSSR count). The van der Waals surface area contributed by atoms with E-state index in [0.717, 1.165) is 25.8 Å². The number of nitrogens with zero attached hydrogens (tertiary/aromatic N) is 2. The predicted octanol–water partition coefficient (Wildman–Crippen LogP) is 1.20. The SMILES string of the molecule is CCNCC1CCCCN1S(=O)(=O)Nc1cccnc1. The van der Waals surface area contributed by atoms with Crippen LogP contribution in [0.2, 0.25) is 0 Å². The molecule has 7 heteroatoms. The van der Waals surface area contributed by atoms with Gasteiger partial charge in [-0.05, 0) is 31.5 Å². The highest BCUT2D eigenvalue weighted by Gasteiger charge is 2.31. The number of pyridine rings is 1. The average molecular weight is 298 g/mol. The van der Waals surface area contributed by atoms with Gasteiger partial charge < -0.3 is 5.32 Å². The van der Waals surface area contributed by atoms with Gasteiger partial charge in [0.2, 0.25) is 0 Å². The molecule has 0 aromatic carbocycles. The van der Waals surface area contributed by atoms with Crippen molar-refractivity contribution in [1.82, 2.24) is 14.6 Å². The lowest BCUT2D eigenvalue weighted by atomic mass is 10.1. The van der Waals surface area contributed by atoms with E-state index in [0.29, 0.717) is 18.8 Å². The smallest absolute Gasteiger partial charge is 0.301 e. The molecule has 0 aliphatic carbocycles. The van der Waals surface area contributed by atoms with Crippen molar-refractivity contribution in [3.05, 3.63) is 24.5 Å². The highest BCUT2D eigenvalue weighted by atomic mass is 32.2. The first-order valence-electron chi connectivity index (χ1n) is 7.04. The van der Waals surface area contributed by atoms with Gasteiger partial charge in [-0.15, -0.1) is 0 Å². The molecule has 1 atom stereocenters. The standard InChI is InChI=1S/C13H22N4O2S/c1-2-14-11-13-7-3-4-9-17(13)20(18,19)16-12-6-5-8-15-10-12/h5-6,8,10,13-14,16H,2-4,7,9,11H2,1H3. The Hall–Kier alpha value is -1.18. The molecule has 0 radical (unpaired) electrons. The molecule has 0 spiro atoms. The number of hydrogen-bond donors (Lipinski definition) is 2. The van der Waals surface area contributed by atoms with Crippen molar-refractivity contribution in [3.63, 3.8) is 0 Å². The second kappa shape index (κ2) is 7.01. The molecule has 2 N–H and O–H groups in total. The summed E-state index contributed by atoms with van der Waals surface area (Å²) in [6, 6.07) is 3.44. The maximum atomic E-state index is 12.5. The Labute approximate surface area is 120 Å². The highest BCUT2D eigenvalue weighted by molar-refractivity contribution is 7.90. The van der Waals surface area contributed by atoms with Crippen LogP contribution < -0.4 is 10.0 Å². The maximum absolute atomic E-state index is 12.5. The highest BCUT2D eigenvalue weighted by Crippen LogP contribution is 2.21. The summed E-state index contributed by atoms with van der Waals surface area (Å²) in [4.78, 5) is 3.92. The summed E-state index contributed by atoms with van der Waals surface area (Å²) in [5.41, 5.74) is 0.500. The second-order valence-electron chi connectivity index (χ2n) is 4.92. The van der Waals surface area contributed by atoms with Crippen LogP contribution in [0.3, 0.4) is 0 Å². The average Bonchev–Trinajstić information content (AvgIpc) is 2.46. The lowest BCUT2D eigenvalue weighted by Crippen LogP contribution is -2.50. The molecule has 1 fully saturated rings. The van der Waals surface area contributed by atoms with E-state index in [2.05, 4.69) is 15.0 Å². The summed E-state index contributed by atoms with van der Waals surface area (Å²) in [7, 11) is -3.51. The normalized spacial score (nSPS) is 20.8. The zero-order valence-corrected chi connectivity index (χ0v) is 12.6. The molecule has 20 heavy (non-hydrogen) atoms. The molecule has 0 bridgehead atoms. The number of aromatic nitrogens is 1. The third kappa shape index (κ3) is 3.91. The molecular formula is C13H22N4O2S. The predicted molar refractivity (Wildman–Crippen MR) is 79.7 cm³/mol. The van der Waals surface area contributed by atoms with Crippen LogP contribution in [0.25, 0.3) is 0 Å². The summed E-state index contributed by atoms with van der Waals surface area (Å²) in [6.45, 7) is 4.14. The van der Waals surface area contributed by atoms with E-state index in [1.54, 1.807) is 22.6 Å². The second-order valence-corrected chi connectivity index (χ2v) is 6.54. The fraction of sp³-hybridized carbons (Fsp3) is 0.615. The zero-order chi connectivity index (χ0) is 14.4. The van der Waals surface area contributed by atoms with E-state index in [4.69, 9.17) is 0 Å². The van der Waals surface area contributed by atoms with Crippen molar-refractivity contribution in [2.45, 2.75) is 32.2 Å². The van der Waals surface area contributed by atoms with Crippen molar-refractivity contribution < 1.29 is 8.42 Å². The van der Waals surface area contributed by atoms with Crippen molar-refractivity contribution >= 4 is 15.9 Å². The van der Waals surface area contributed by atoms with Crippen LogP contribution in [-0.2, 0) is 10.2 Å². The topological polar surface area (TPSA) is 74.3 Å². The Bertz CT molecular complexity index is 506. The Morgan fingerprint density at radius 2 is 2.30 bits per heavy atom. The van der Waals surface area contributed by atoms with Crippen molar-refractivity contribution in [2.75, 3.05) is 24.4 Å². The van der Waals surface area contributed by atoms with Gasteiger partial charge in [0.25, 0.3) is 0 Å². The van der Waals surface area contributed by atoms with E-state index in [9.17, 15) is 8.42 Å². The molecule has 1 aliphatic rings. The minimum absolute atomic E-state index is 0.0258. The maximum Gasteiger partial charge on any atom is 0.301 e. The van der Waals surface area contributed by atoms with Gasteiger partial charge in [-0.3, -0.25) is 9.71 Å².